The summed E-state index contributed by atoms with van der Waals surface area (Å²) >= 11 is 9.05. The highest BCUT2D eigenvalue weighted by atomic mass is 35.5. The van der Waals surface area contributed by atoms with Gasteiger partial charge in [-0.3, -0.25) is 24.6 Å². The average Bonchev–Trinajstić information content (AvgIpc) is 3.30. The third-order valence-electron chi connectivity index (χ3n) is 6.52. The molecule has 1 aromatic heterocycles. The predicted octanol–water partition coefficient (Wildman–Crippen LogP) is 6.56. The largest absolute Gasteiger partial charge is 0.294 e. The van der Waals surface area contributed by atoms with Gasteiger partial charge >= 0.3 is 0 Å². The molecule has 0 fully saturated rings. The quantitative estimate of drug-likeness (QED) is 0.147. The predicted molar refractivity (Wildman–Crippen MR) is 144 cm³/mol. The van der Waals surface area contributed by atoms with E-state index in [1.54, 1.807) is 17.0 Å². The summed E-state index contributed by atoms with van der Waals surface area (Å²) in [4.78, 5) is 39.4. The number of hydrogen-bond donors (Lipinski definition) is 0. The number of rotatable bonds is 6. The number of non-ortho nitro benzene ring substituents is 1. The molecule has 0 saturated heterocycles. The van der Waals surface area contributed by atoms with Crippen LogP contribution in [0.1, 0.15) is 50.2 Å². The van der Waals surface area contributed by atoms with Crippen molar-refractivity contribution in [3.05, 3.63) is 86.1 Å². The minimum absolute atomic E-state index is 0.0217. The molecule has 1 atom stereocenters. The Balaban J connectivity index is 1.51. The summed E-state index contributed by atoms with van der Waals surface area (Å²) in [6.07, 6.45) is 0.870. The second-order valence-corrected chi connectivity index (χ2v) is 12.5. The molecule has 8 nitrogen and oxygen atoms in total. The van der Waals surface area contributed by atoms with Gasteiger partial charge in [0.1, 0.15) is 0 Å². The minimum atomic E-state index is -0.538. The lowest BCUT2D eigenvalue weighted by atomic mass is 9.69. The molecule has 1 amide bonds. The van der Waals surface area contributed by atoms with Gasteiger partial charge in [-0.2, -0.15) is 0 Å². The van der Waals surface area contributed by atoms with Crippen LogP contribution in [0.4, 0.5) is 10.8 Å². The van der Waals surface area contributed by atoms with Crippen molar-refractivity contribution in [3.63, 3.8) is 0 Å². The molecule has 0 radical (unpaired) electrons. The number of anilines is 1. The number of carbonyl (C=O) groups excluding carboxylic acids is 2. The van der Waals surface area contributed by atoms with Crippen LogP contribution in [-0.2, 0) is 15.3 Å². The Bertz CT molecular complexity index is 1450. The summed E-state index contributed by atoms with van der Waals surface area (Å²) in [7, 11) is 0. The van der Waals surface area contributed by atoms with Gasteiger partial charge < -0.3 is 0 Å². The van der Waals surface area contributed by atoms with Crippen LogP contribution in [0.15, 0.2) is 64.1 Å². The number of nitrogens with zero attached hydrogens (tertiary/aromatic N) is 4. The van der Waals surface area contributed by atoms with Crippen LogP contribution >= 0.6 is 34.7 Å². The Morgan fingerprint density at radius 2 is 1.95 bits per heavy atom. The fraction of sp³-hybridized carbons (Fsp3) is 0.308. The minimum Gasteiger partial charge on any atom is -0.294 e. The second kappa shape index (κ2) is 10.00. The molecule has 0 saturated carbocycles. The number of nitro benzene ring substituents is 1. The van der Waals surface area contributed by atoms with Gasteiger partial charge in [0.25, 0.3) is 5.69 Å². The van der Waals surface area contributed by atoms with Crippen LogP contribution < -0.4 is 4.90 Å². The zero-order chi connectivity index (χ0) is 26.3. The molecule has 1 aliphatic heterocycles. The molecule has 2 heterocycles. The summed E-state index contributed by atoms with van der Waals surface area (Å²) in [6.45, 7) is 4.00. The van der Waals surface area contributed by atoms with Gasteiger partial charge in [0.05, 0.1) is 4.92 Å². The van der Waals surface area contributed by atoms with Crippen molar-refractivity contribution in [2.24, 2.45) is 5.41 Å². The number of halogens is 1. The molecule has 0 bridgehead atoms. The van der Waals surface area contributed by atoms with E-state index in [4.69, 9.17) is 11.6 Å². The van der Waals surface area contributed by atoms with Crippen LogP contribution in [-0.4, -0.2) is 26.8 Å². The van der Waals surface area contributed by atoms with E-state index in [9.17, 15) is 19.7 Å². The molecule has 37 heavy (non-hydrogen) atoms. The molecule has 3 aromatic rings. The Kier molecular flexibility index (Phi) is 6.91. The number of allylic oxidation sites excluding steroid dienone is 2. The number of Topliss-reactive ketones (excluding diaryl/α,β-unsaturated/α-hetero) is 1. The lowest BCUT2D eigenvalue weighted by Crippen LogP contribution is -2.43. The van der Waals surface area contributed by atoms with Crippen LogP contribution in [0.2, 0.25) is 5.02 Å². The van der Waals surface area contributed by atoms with E-state index < -0.39 is 10.8 Å². The molecule has 190 valence electrons. The lowest BCUT2D eigenvalue weighted by Gasteiger charge is -2.41. The second-order valence-electron chi connectivity index (χ2n) is 9.87. The molecule has 0 N–H and O–H groups in total. The Labute approximate surface area is 226 Å². The average molecular weight is 555 g/mol. The number of ketones is 1. The van der Waals surface area contributed by atoms with Gasteiger partial charge in [-0.05, 0) is 29.0 Å². The molecule has 0 unspecified atom stereocenters. The first-order valence-corrected chi connectivity index (χ1v) is 13.8. The van der Waals surface area contributed by atoms with Crippen molar-refractivity contribution >= 4 is 57.2 Å². The number of benzene rings is 2. The van der Waals surface area contributed by atoms with Crippen molar-refractivity contribution in [3.8, 4) is 0 Å². The van der Waals surface area contributed by atoms with Gasteiger partial charge in [0, 0.05) is 52.9 Å². The molecule has 5 rings (SSSR count). The Morgan fingerprint density at radius 3 is 2.70 bits per heavy atom. The zero-order valence-corrected chi connectivity index (χ0v) is 22.5. The Hall–Kier alpha value is -3.08. The third-order valence-corrected chi connectivity index (χ3v) is 8.98. The van der Waals surface area contributed by atoms with E-state index >= 15 is 0 Å². The Morgan fingerprint density at radius 1 is 1.16 bits per heavy atom. The normalized spacial score (nSPS) is 19.2. The number of aromatic nitrogens is 2. The molecule has 1 aliphatic carbocycles. The fourth-order valence-corrected chi connectivity index (χ4v) is 7.05. The standard InChI is InChI=1S/C26H23ClN4O4S2/c1-26(2)12-20-23(21(32)13-26)18(15-7-5-8-17(10-15)31(34)35)11-22(33)30(20)24-28-29-25(37-24)36-14-16-6-3-4-9-19(16)27/h3-10,18H,11-14H2,1-2H3/t18-/m0/s1. The van der Waals surface area contributed by atoms with Gasteiger partial charge in [-0.25, -0.2) is 0 Å². The summed E-state index contributed by atoms with van der Waals surface area (Å²) < 4.78 is 0.687. The lowest BCUT2D eigenvalue weighted by molar-refractivity contribution is -0.384. The van der Waals surface area contributed by atoms with E-state index in [-0.39, 0.29) is 29.2 Å². The van der Waals surface area contributed by atoms with Gasteiger partial charge in [0.15, 0.2) is 10.1 Å². The highest BCUT2D eigenvalue weighted by Gasteiger charge is 2.45. The van der Waals surface area contributed by atoms with Crippen molar-refractivity contribution in [1.82, 2.24) is 10.2 Å². The van der Waals surface area contributed by atoms with Crippen LogP contribution in [0, 0.1) is 15.5 Å². The van der Waals surface area contributed by atoms with Gasteiger partial charge in [0.2, 0.25) is 11.0 Å². The van der Waals surface area contributed by atoms with Crippen LogP contribution in [0.5, 0.6) is 0 Å². The maximum Gasteiger partial charge on any atom is 0.269 e. The summed E-state index contributed by atoms with van der Waals surface area (Å²) in [6, 6.07) is 13.8. The number of thioether (sulfide) groups is 1. The molecule has 11 heteroatoms. The number of carbonyl (C=O) groups is 2. The molecule has 2 aromatic carbocycles. The third kappa shape index (κ3) is 5.18. The van der Waals surface area contributed by atoms with E-state index in [1.165, 1.54) is 35.2 Å². The monoisotopic (exact) mass is 554 g/mol. The SMILES string of the molecule is CC1(C)CC(=O)C2=C(C1)N(c1nnc(SCc3ccccc3Cl)s1)C(=O)C[C@H]2c1cccc([N+](=O)[O-])c1. The summed E-state index contributed by atoms with van der Waals surface area (Å²) in [5.74, 6) is -0.182. The van der Waals surface area contributed by atoms with Gasteiger partial charge in [-0.15, -0.1) is 10.2 Å². The maximum absolute atomic E-state index is 13.6. The highest BCUT2D eigenvalue weighted by Crippen LogP contribution is 2.49. The highest BCUT2D eigenvalue weighted by molar-refractivity contribution is 8.00. The number of nitro groups is 1. The first-order chi connectivity index (χ1) is 17.6. The maximum atomic E-state index is 13.6. The molecular formula is C26H23ClN4O4S2. The van der Waals surface area contributed by atoms with Crippen molar-refractivity contribution in [2.45, 2.75) is 49.1 Å². The van der Waals surface area contributed by atoms with Gasteiger partial charge in [-0.1, -0.05) is 78.9 Å². The molecule has 0 spiro atoms. The fourth-order valence-electron chi connectivity index (χ4n) is 4.88. The number of hydrogen-bond acceptors (Lipinski definition) is 8. The van der Waals surface area contributed by atoms with E-state index in [0.29, 0.717) is 49.9 Å². The van der Waals surface area contributed by atoms with Crippen LogP contribution in [0.3, 0.4) is 0 Å². The van der Waals surface area contributed by atoms with E-state index in [0.717, 1.165) is 5.56 Å². The number of amides is 1. The van der Waals surface area contributed by atoms with Crippen molar-refractivity contribution in [1.29, 1.82) is 0 Å². The van der Waals surface area contributed by atoms with E-state index in [2.05, 4.69) is 10.2 Å². The van der Waals surface area contributed by atoms with Crippen molar-refractivity contribution < 1.29 is 14.5 Å². The zero-order valence-electron chi connectivity index (χ0n) is 20.1. The first-order valence-electron chi connectivity index (χ1n) is 11.7. The summed E-state index contributed by atoms with van der Waals surface area (Å²) in [5, 5.41) is 21.1. The smallest absolute Gasteiger partial charge is 0.269 e. The topological polar surface area (TPSA) is 106 Å². The molecule has 2 aliphatic rings. The van der Waals surface area contributed by atoms with Crippen molar-refractivity contribution in [2.75, 3.05) is 4.90 Å². The summed E-state index contributed by atoms with van der Waals surface area (Å²) in [5.41, 5.74) is 2.32. The molecular weight excluding hydrogens is 532 g/mol. The first kappa shape index (κ1) is 25.6. The van der Waals surface area contributed by atoms with Crippen LogP contribution in [0.25, 0.3) is 0 Å². The van der Waals surface area contributed by atoms with E-state index in [1.807, 2.05) is 38.1 Å².